The van der Waals surface area contributed by atoms with Crippen molar-refractivity contribution in [2.75, 3.05) is 54.6 Å². The van der Waals surface area contributed by atoms with Gasteiger partial charge in [0.2, 0.25) is 5.95 Å². The highest BCUT2D eigenvalue weighted by atomic mass is 32.2. The smallest absolute Gasteiger partial charge is 0.231 e. The van der Waals surface area contributed by atoms with E-state index in [9.17, 15) is 0 Å². The van der Waals surface area contributed by atoms with Gasteiger partial charge in [-0.3, -0.25) is 5.10 Å². The lowest BCUT2D eigenvalue weighted by Crippen LogP contribution is -2.36. The molecule has 0 saturated carbocycles. The van der Waals surface area contributed by atoms with Crippen LogP contribution >= 0.6 is 11.8 Å². The van der Waals surface area contributed by atoms with Crippen LogP contribution in [-0.4, -0.2) is 59.3 Å². The standard InChI is InChI=1S/C18H23N7OS/c1-3-19-15-14-16(23-24-17(14)27-2)22-18(21-15)20-12-4-6-13(7-5-12)25-8-10-26-11-9-25/h4-7H,3,8-11H2,1-2H3,(H3,19,20,21,22,23,24). The number of hydrogen-bond donors (Lipinski definition) is 3. The topological polar surface area (TPSA) is 91.0 Å². The van der Waals surface area contributed by atoms with Crippen LogP contribution in [0.3, 0.4) is 0 Å². The minimum absolute atomic E-state index is 0.536. The number of thioether (sulfide) groups is 1. The molecule has 4 rings (SSSR count). The molecule has 1 aliphatic heterocycles. The summed E-state index contributed by atoms with van der Waals surface area (Å²) in [4.78, 5) is 11.5. The van der Waals surface area contributed by atoms with E-state index in [4.69, 9.17) is 4.74 Å². The zero-order valence-corrected chi connectivity index (χ0v) is 16.3. The summed E-state index contributed by atoms with van der Waals surface area (Å²) in [5, 5.41) is 15.7. The molecule has 9 heteroatoms. The number of aromatic amines is 1. The molecule has 0 unspecified atom stereocenters. The van der Waals surface area contributed by atoms with Crippen LogP contribution in [0.25, 0.3) is 11.0 Å². The van der Waals surface area contributed by atoms with Crippen LogP contribution in [0, 0.1) is 0 Å². The van der Waals surface area contributed by atoms with E-state index in [0.717, 1.165) is 60.4 Å². The summed E-state index contributed by atoms with van der Waals surface area (Å²) in [6.45, 7) is 6.24. The molecule has 0 atom stereocenters. The van der Waals surface area contributed by atoms with Crippen LogP contribution in [0.15, 0.2) is 29.3 Å². The second-order valence-electron chi connectivity index (χ2n) is 6.15. The van der Waals surface area contributed by atoms with Gasteiger partial charge in [0.15, 0.2) is 5.65 Å². The Hall–Kier alpha value is -2.52. The fourth-order valence-corrected chi connectivity index (χ4v) is 3.64. The number of H-pyrrole nitrogens is 1. The Kier molecular flexibility index (Phi) is 5.30. The van der Waals surface area contributed by atoms with Crippen LogP contribution in [0.5, 0.6) is 0 Å². The monoisotopic (exact) mass is 385 g/mol. The van der Waals surface area contributed by atoms with Gasteiger partial charge in [-0.05, 0) is 37.4 Å². The molecule has 3 aromatic rings. The molecule has 3 N–H and O–H groups in total. The minimum Gasteiger partial charge on any atom is -0.378 e. The SMILES string of the molecule is CCNc1nc(Nc2ccc(N3CCOCC3)cc2)nc2[nH]nc(SC)c12. The highest BCUT2D eigenvalue weighted by molar-refractivity contribution is 7.98. The highest BCUT2D eigenvalue weighted by Crippen LogP contribution is 2.30. The van der Waals surface area contributed by atoms with Crippen molar-refractivity contribution in [1.82, 2.24) is 20.2 Å². The van der Waals surface area contributed by atoms with Crippen molar-refractivity contribution >= 4 is 45.9 Å². The molecule has 0 bridgehead atoms. The molecular formula is C18H23N7OS. The molecule has 3 heterocycles. The number of hydrogen-bond acceptors (Lipinski definition) is 8. The number of fused-ring (bicyclic) bond motifs is 1. The Morgan fingerprint density at radius 3 is 2.67 bits per heavy atom. The molecule has 0 spiro atoms. The molecular weight excluding hydrogens is 362 g/mol. The molecule has 1 fully saturated rings. The number of anilines is 4. The Bertz CT molecular complexity index is 906. The third-order valence-corrected chi connectivity index (χ3v) is 5.11. The molecule has 8 nitrogen and oxygen atoms in total. The van der Waals surface area contributed by atoms with Gasteiger partial charge >= 0.3 is 0 Å². The average Bonchev–Trinajstić information content (AvgIpc) is 3.13. The fourth-order valence-electron chi connectivity index (χ4n) is 3.11. The summed E-state index contributed by atoms with van der Waals surface area (Å²) in [6.07, 6.45) is 1.99. The van der Waals surface area contributed by atoms with E-state index in [2.05, 4.69) is 47.8 Å². The van der Waals surface area contributed by atoms with Crippen molar-refractivity contribution < 1.29 is 4.74 Å². The van der Waals surface area contributed by atoms with Crippen molar-refractivity contribution in [2.24, 2.45) is 0 Å². The number of nitrogens with one attached hydrogen (secondary N) is 3. The molecule has 1 saturated heterocycles. The lowest BCUT2D eigenvalue weighted by atomic mass is 10.2. The molecule has 142 valence electrons. The molecule has 0 amide bonds. The second-order valence-corrected chi connectivity index (χ2v) is 6.95. The van der Waals surface area contributed by atoms with Gasteiger partial charge in [0.05, 0.1) is 18.6 Å². The fraction of sp³-hybridized carbons (Fsp3) is 0.389. The van der Waals surface area contributed by atoms with E-state index < -0.39 is 0 Å². The number of ether oxygens (including phenoxy) is 1. The molecule has 0 aliphatic carbocycles. The van der Waals surface area contributed by atoms with Gasteiger partial charge in [-0.1, -0.05) is 0 Å². The maximum Gasteiger partial charge on any atom is 0.231 e. The Morgan fingerprint density at radius 1 is 1.19 bits per heavy atom. The van der Waals surface area contributed by atoms with E-state index >= 15 is 0 Å². The summed E-state index contributed by atoms with van der Waals surface area (Å²) < 4.78 is 5.41. The summed E-state index contributed by atoms with van der Waals surface area (Å²) >= 11 is 1.57. The normalized spacial score (nSPS) is 14.5. The Balaban J connectivity index is 1.57. The molecule has 1 aromatic carbocycles. The predicted octanol–water partition coefficient (Wildman–Crippen LogP) is 3.09. The third kappa shape index (κ3) is 3.79. The second kappa shape index (κ2) is 8.01. The van der Waals surface area contributed by atoms with Gasteiger partial charge < -0.3 is 20.3 Å². The van der Waals surface area contributed by atoms with E-state index in [1.54, 1.807) is 11.8 Å². The summed E-state index contributed by atoms with van der Waals surface area (Å²) in [5.74, 6) is 1.32. The van der Waals surface area contributed by atoms with Gasteiger partial charge in [-0.15, -0.1) is 11.8 Å². The first kappa shape index (κ1) is 17.9. The van der Waals surface area contributed by atoms with Crippen LogP contribution in [0.1, 0.15) is 6.92 Å². The minimum atomic E-state index is 0.536. The number of nitrogens with zero attached hydrogens (tertiary/aromatic N) is 4. The van der Waals surface area contributed by atoms with Crippen LogP contribution in [-0.2, 0) is 4.74 Å². The maximum atomic E-state index is 5.41. The number of benzene rings is 1. The molecule has 1 aliphatic rings. The average molecular weight is 385 g/mol. The van der Waals surface area contributed by atoms with Crippen LogP contribution < -0.4 is 15.5 Å². The number of aromatic nitrogens is 4. The van der Waals surface area contributed by atoms with E-state index in [0.29, 0.717) is 5.95 Å². The predicted molar refractivity (Wildman–Crippen MR) is 110 cm³/mol. The van der Waals surface area contributed by atoms with Crippen LogP contribution in [0.4, 0.5) is 23.1 Å². The molecule has 0 radical (unpaired) electrons. The summed E-state index contributed by atoms with van der Waals surface area (Å²) in [6, 6.07) is 8.32. The maximum absolute atomic E-state index is 5.41. The highest BCUT2D eigenvalue weighted by Gasteiger charge is 2.15. The van der Waals surface area contributed by atoms with Gasteiger partial charge in [0, 0.05) is 31.0 Å². The van der Waals surface area contributed by atoms with Crippen molar-refractivity contribution in [3.63, 3.8) is 0 Å². The molecule has 27 heavy (non-hydrogen) atoms. The molecule has 2 aromatic heterocycles. The summed E-state index contributed by atoms with van der Waals surface area (Å²) in [5.41, 5.74) is 2.86. The van der Waals surface area contributed by atoms with Gasteiger partial charge in [0.1, 0.15) is 10.8 Å². The number of morpholine rings is 1. The van der Waals surface area contributed by atoms with Gasteiger partial charge in [-0.2, -0.15) is 15.1 Å². The van der Waals surface area contributed by atoms with Crippen LogP contribution in [0.2, 0.25) is 0 Å². The van der Waals surface area contributed by atoms with E-state index in [-0.39, 0.29) is 0 Å². The first-order valence-electron chi connectivity index (χ1n) is 9.02. The zero-order valence-electron chi connectivity index (χ0n) is 15.5. The quantitative estimate of drug-likeness (QED) is 0.558. The van der Waals surface area contributed by atoms with E-state index in [1.165, 1.54) is 5.69 Å². The largest absolute Gasteiger partial charge is 0.378 e. The Morgan fingerprint density at radius 2 is 1.96 bits per heavy atom. The zero-order chi connectivity index (χ0) is 18.6. The van der Waals surface area contributed by atoms with Crippen molar-refractivity contribution in [2.45, 2.75) is 11.9 Å². The third-order valence-electron chi connectivity index (χ3n) is 4.42. The first-order valence-corrected chi connectivity index (χ1v) is 10.2. The van der Waals surface area contributed by atoms with Crippen molar-refractivity contribution in [3.05, 3.63) is 24.3 Å². The number of rotatable bonds is 6. The summed E-state index contributed by atoms with van der Waals surface area (Å²) in [7, 11) is 0. The Labute approximate surface area is 162 Å². The van der Waals surface area contributed by atoms with Crippen molar-refractivity contribution in [3.8, 4) is 0 Å². The van der Waals surface area contributed by atoms with E-state index in [1.807, 2.05) is 25.3 Å². The first-order chi connectivity index (χ1) is 13.3. The van der Waals surface area contributed by atoms with Gasteiger partial charge in [-0.25, -0.2) is 0 Å². The lowest BCUT2D eigenvalue weighted by molar-refractivity contribution is 0.122. The van der Waals surface area contributed by atoms with Crippen molar-refractivity contribution in [1.29, 1.82) is 0 Å². The van der Waals surface area contributed by atoms with Gasteiger partial charge in [0.25, 0.3) is 0 Å². The lowest BCUT2D eigenvalue weighted by Gasteiger charge is -2.28.